The summed E-state index contributed by atoms with van der Waals surface area (Å²) in [5.41, 5.74) is 0.367. The quantitative estimate of drug-likeness (QED) is 0.840. The lowest BCUT2D eigenvalue weighted by Gasteiger charge is -2.32. The molecule has 2 rings (SSSR count). The van der Waals surface area contributed by atoms with Crippen molar-refractivity contribution in [3.8, 4) is 0 Å². The Labute approximate surface area is 114 Å². The number of nitrogens with zero attached hydrogens (tertiary/aromatic N) is 1. The number of ether oxygens (including phenoxy) is 1. The lowest BCUT2D eigenvalue weighted by atomic mass is 10.1. The zero-order valence-corrected chi connectivity index (χ0v) is 11.7. The molecule has 1 unspecified atom stereocenters. The van der Waals surface area contributed by atoms with Crippen LogP contribution < -0.4 is 0 Å². The fraction of sp³-hybridized carbons (Fsp3) is 0.462. The predicted molar refractivity (Wildman–Crippen MR) is 70.0 cm³/mol. The Bertz CT molecular complexity index is 453. The molecule has 0 spiro atoms. The second kappa shape index (κ2) is 5.80. The number of hydrogen-bond acceptors (Lipinski definition) is 2. The normalized spacial score (nSPS) is 19.9. The first-order valence-corrected chi connectivity index (χ1v) is 6.68. The van der Waals surface area contributed by atoms with Crippen LogP contribution in [0.1, 0.15) is 23.2 Å². The number of carbonyl (C=O) groups excluding carboxylic acids is 1. The highest BCUT2D eigenvalue weighted by Crippen LogP contribution is 2.22. The summed E-state index contributed by atoms with van der Waals surface area (Å²) in [5, 5.41) is 0. The van der Waals surface area contributed by atoms with Crippen molar-refractivity contribution in [2.45, 2.75) is 18.9 Å². The number of likely N-dealkylation sites (tertiary alicyclic amines) is 1. The molecule has 18 heavy (non-hydrogen) atoms. The molecule has 0 aromatic heterocycles. The molecule has 0 bridgehead atoms. The van der Waals surface area contributed by atoms with Gasteiger partial charge in [-0.15, -0.1) is 0 Å². The summed E-state index contributed by atoms with van der Waals surface area (Å²) in [6.07, 6.45) is 1.96. The van der Waals surface area contributed by atoms with E-state index in [0.29, 0.717) is 23.1 Å². The average molecular weight is 316 g/mol. The average Bonchev–Trinajstić information content (AvgIpc) is 2.41. The molecule has 1 aliphatic rings. The molecule has 1 aliphatic heterocycles. The predicted octanol–water partition coefficient (Wildman–Crippen LogP) is 2.84. The molecular formula is C13H15BrFNO2. The number of piperidine rings is 1. The van der Waals surface area contributed by atoms with Gasteiger partial charge in [-0.1, -0.05) is 0 Å². The van der Waals surface area contributed by atoms with Crippen molar-refractivity contribution in [2.75, 3.05) is 20.2 Å². The summed E-state index contributed by atoms with van der Waals surface area (Å²) in [5.74, 6) is -0.551. The van der Waals surface area contributed by atoms with Gasteiger partial charge in [-0.3, -0.25) is 4.79 Å². The largest absolute Gasteiger partial charge is 0.380 e. The van der Waals surface area contributed by atoms with Gasteiger partial charge in [0.2, 0.25) is 0 Å². The molecule has 1 fully saturated rings. The number of methoxy groups -OCH3 is 1. The van der Waals surface area contributed by atoms with Crippen molar-refractivity contribution in [3.05, 3.63) is 34.1 Å². The third-order valence-corrected chi connectivity index (χ3v) is 3.85. The molecule has 3 nitrogen and oxygen atoms in total. The van der Waals surface area contributed by atoms with E-state index in [4.69, 9.17) is 4.74 Å². The molecule has 0 N–H and O–H groups in total. The van der Waals surface area contributed by atoms with Crippen LogP contribution in [0.3, 0.4) is 0 Å². The van der Waals surface area contributed by atoms with Gasteiger partial charge in [-0.2, -0.15) is 0 Å². The smallest absolute Gasteiger partial charge is 0.255 e. The van der Waals surface area contributed by atoms with Gasteiger partial charge in [-0.05, 0) is 47.0 Å². The zero-order chi connectivity index (χ0) is 13.1. The first-order chi connectivity index (χ1) is 8.61. The van der Waals surface area contributed by atoms with E-state index in [1.54, 1.807) is 18.1 Å². The number of halogens is 2. The van der Waals surface area contributed by atoms with E-state index in [1.807, 2.05) is 0 Å². The summed E-state index contributed by atoms with van der Waals surface area (Å²) in [7, 11) is 1.65. The first kappa shape index (κ1) is 13.5. The van der Waals surface area contributed by atoms with Crippen LogP contribution in [0.15, 0.2) is 22.7 Å². The van der Waals surface area contributed by atoms with Gasteiger partial charge < -0.3 is 9.64 Å². The second-order valence-electron chi connectivity index (χ2n) is 4.38. The minimum absolute atomic E-state index is 0.0787. The Kier molecular flexibility index (Phi) is 4.35. The number of amides is 1. The SMILES string of the molecule is COC1CCCN(C(=O)c2cc(F)ccc2Br)C1. The van der Waals surface area contributed by atoms with E-state index >= 15 is 0 Å². The molecule has 1 amide bonds. The lowest BCUT2D eigenvalue weighted by Crippen LogP contribution is -2.43. The van der Waals surface area contributed by atoms with Crippen LogP contribution in [0.2, 0.25) is 0 Å². The van der Waals surface area contributed by atoms with Crippen LogP contribution >= 0.6 is 15.9 Å². The number of benzene rings is 1. The van der Waals surface area contributed by atoms with Crippen molar-refractivity contribution < 1.29 is 13.9 Å². The van der Waals surface area contributed by atoms with Gasteiger partial charge in [0.15, 0.2) is 0 Å². The molecule has 0 saturated carbocycles. The van der Waals surface area contributed by atoms with Gasteiger partial charge in [0.25, 0.3) is 5.91 Å². The molecule has 1 heterocycles. The number of hydrogen-bond donors (Lipinski definition) is 0. The summed E-state index contributed by atoms with van der Waals surface area (Å²) in [6.45, 7) is 1.26. The summed E-state index contributed by atoms with van der Waals surface area (Å²) in [4.78, 5) is 14.0. The van der Waals surface area contributed by atoms with Crippen LogP contribution in [-0.2, 0) is 4.74 Å². The fourth-order valence-corrected chi connectivity index (χ4v) is 2.56. The topological polar surface area (TPSA) is 29.5 Å². The Balaban J connectivity index is 2.17. The number of carbonyl (C=O) groups is 1. The minimum atomic E-state index is -0.401. The number of rotatable bonds is 2. The van der Waals surface area contributed by atoms with Crippen molar-refractivity contribution in [2.24, 2.45) is 0 Å². The van der Waals surface area contributed by atoms with Crippen molar-refractivity contribution in [1.82, 2.24) is 4.90 Å². The van der Waals surface area contributed by atoms with Crippen molar-refractivity contribution >= 4 is 21.8 Å². The molecular weight excluding hydrogens is 301 g/mol. The summed E-state index contributed by atoms with van der Waals surface area (Å²) < 4.78 is 19.1. The Morgan fingerprint density at radius 1 is 1.56 bits per heavy atom. The molecule has 98 valence electrons. The van der Waals surface area contributed by atoms with E-state index in [2.05, 4.69) is 15.9 Å². The minimum Gasteiger partial charge on any atom is -0.380 e. The van der Waals surface area contributed by atoms with Gasteiger partial charge in [0.05, 0.1) is 11.7 Å². The zero-order valence-electron chi connectivity index (χ0n) is 10.2. The van der Waals surface area contributed by atoms with E-state index in [-0.39, 0.29) is 12.0 Å². The molecule has 1 aromatic carbocycles. The van der Waals surface area contributed by atoms with Crippen LogP contribution in [0.5, 0.6) is 0 Å². The molecule has 0 radical (unpaired) electrons. The van der Waals surface area contributed by atoms with Crippen LogP contribution in [0, 0.1) is 5.82 Å². The monoisotopic (exact) mass is 315 g/mol. The standard InChI is InChI=1S/C13H15BrFNO2/c1-18-10-3-2-6-16(8-10)13(17)11-7-9(15)4-5-12(11)14/h4-5,7,10H,2-3,6,8H2,1H3. The molecule has 5 heteroatoms. The van der Waals surface area contributed by atoms with Gasteiger partial charge in [0, 0.05) is 24.7 Å². The fourth-order valence-electron chi connectivity index (χ4n) is 2.15. The highest BCUT2D eigenvalue weighted by atomic mass is 79.9. The van der Waals surface area contributed by atoms with E-state index in [9.17, 15) is 9.18 Å². The third-order valence-electron chi connectivity index (χ3n) is 3.16. The van der Waals surface area contributed by atoms with E-state index < -0.39 is 5.82 Å². The van der Waals surface area contributed by atoms with Gasteiger partial charge in [0.1, 0.15) is 5.82 Å². The van der Waals surface area contributed by atoms with Crippen LogP contribution in [0.25, 0.3) is 0 Å². The Hall–Kier alpha value is -0.940. The van der Waals surface area contributed by atoms with Crippen LogP contribution in [-0.4, -0.2) is 37.1 Å². The van der Waals surface area contributed by atoms with Crippen molar-refractivity contribution in [1.29, 1.82) is 0 Å². The maximum absolute atomic E-state index is 13.2. The Morgan fingerprint density at radius 3 is 3.06 bits per heavy atom. The Morgan fingerprint density at radius 2 is 2.33 bits per heavy atom. The molecule has 1 atom stereocenters. The first-order valence-electron chi connectivity index (χ1n) is 5.89. The highest BCUT2D eigenvalue weighted by molar-refractivity contribution is 9.10. The van der Waals surface area contributed by atoms with E-state index in [1.165, 1.54) is 12.1 Å². The second-order valence-corrected chi connectivity index (χ2v) is 5.23. The third kappa shape index (κ3) is 2.90. The van der Waals surface area contributed by atoms with Gasteiger partial charge >= 0.3 is 0 Å². The van der Waals surface area contributed by atoms with Crippen molar-refractivity contribution in [3.63, 3.8) is 0 Å². The molecule has 1 aromatic rings. The molecule has 0 aliphatic carbocycles. The van der Waals surface area contributed by atoms with Gasteiger partial charge in [-0.25, -0.2) is 4.39 Å². The molecule has 1 saturated heterocycles. The lowest BCUT2D eigenvalue weighted by molar-refractivity contribution is 0.0268. The summed E-state index contributed by atoms with van der Waals surface area (Å²) in [6, 6.07) is 4.15. The van der Waals surface area contributed by atoms with E-state index in [0.717, 1.165) is 12.8 Å². The maximum Gasteiger partial charge on any atom is 0.255 e. The highest BCUT2D eigenvalue weighted by Gasteiger charge is 2.25. The maximum atomic E-state index is 13.2. The van der Waals surface area contributed by atoms with Crippen LogP contribution in [0.4, 0.5) is 4.39 Å². The summed E-state index contributed by atoms with van der Waals surface area (Å²) >= 11 is 3.28.